The average molecular weight is 463 g/mol. The Hall–Kier alpha value is -4.09. The van der Waals surface area contributed by atoms with Crippen LogP contribution >= 0.6 is 0 Å². The van der Waals surface area contributed by atoms with Gasteiger partial charge >= 0.3 is 11.9 Å². The summed E-state index contributed by atoms with van der Waals surface area (Å²) < 4.78 is 15.4. The summed E-state index contributed by atoms with van der Waals surface area (Å²) in [6.45, 7) is 2.70. The third kappa shape index (κ3) is 6.45. The quantitative estimate of drug-likeness (QED) is 0.222. The summed E-state index contributed by atoms with van der Waals surface area (Å²) in [5, 5.41) is 14.6. The van der Waals surface area contributed by atoms with Crippen LogP contribution in [-0.4, -0.2) is 56.9 Å². The Balaban J connectivity index is 2.26. The molecule has 0 unspecified atom stereocenters. The zero-order valence-electron chi connectivity index (χ0n) is 18.6. The van der Waals surface area contributed by atoms with Crippen molar-refractivity contribution in [2.75, 3.05) is 34.0 Å². The number of nitrogens with zero attached hydrogens (tertiary/aromatic N) is 1. The maximum Gasteiger partial charge on any atom is 0.336 e. The molecule has 0 aromatic heterocycles. The molecule has 0 spiro atoms. The second-order valence-electron chi connectivity index (χ2n) is 6.89. The average Bonchev–Trinajstić information content (AvgIpc) is 2.79. The van der Waals surface area contributed by atoms with Crippen molar-refractivity contribution in [2.45, 2.75) is 19.8 Å². The first-order chi connectivity index (χ1) is 15.7. The van der Waals surface area contributed by atoms with Crippen molar-refractivity contribution in [2.24, 2.45) is 0 Å². The smallest absolute Gasteiger partial charge is 0.336 e. The fraction of sp³-hybridized carbons (Fsp3) is 0.381. The number of benzene rings is 1. The Labute approximate surface area is 189 Å². The highest BCUT2D eigenvalue weighted by atomic mass is 16.9. The molecule has 1 aromatic rings. The number of hydrogen-bond donors (Lipinski definition) is 2. The molecule has 1 aliphatic heterocycles. The fourth-order valence-electron chi connectivity index (χ4n) is 3.38. The first-order valence-corrected chi connectivity index (χ1v) is 9.81. The zero-order valence-corrected chi connectivity index (χ0v) is 18.6. The van der Waals surface area contributed by atoms with E-state index in [0.29, 0.717) is 22.7 Å². The van der Waals surface area contributed by atoms with Crippen molar-refractivity contribution in [1.82, 2.24) is 10.6 Å². The second-order valence-corrected chi connectivity index (χ2v) is 6.89. The molecule has 33 heavy (non-hydrogen) atoms. The minimum absolute atomic E-state index is 0.0581. The first kappa shape index (κ1) is 25.2. The van der Waals surface area contributed by atoms with Crippen LogP contribution in [0, 0.1) is 10.1 Å². The highest BCUT2D eigenvalue weighted by Crippen LogP contribution is 2.40. The van der Waals surface area contributed by atoms with Crippen molar-refractivity contribution in [3.05, 3.63) is 62.5 Å². The van der Waals surface area contributed by atoms with Crippen molar-refractivity contribution in [1.29, 1.82) is 0 Å². The maximum absolute atomic E-state index is 12.6. The van der Waals surface area contributed by atoms with E-state index in [1.807, 2.05) is 0 Å². The Morgan fingerprint density at radius 3 is 2.24 bits per heavy atom. The van der Waals surface area contributed by atoms with Crippen LogP contribution in [0.3, 0.4) is 0 Å². The Kier molecular flexibility index (Phi) is 8.78. The molecule has 12 nitrogen and oxygen atoms in total. The second kappa shape index (κ2) is 11.5. The zero-order chi connectivity index (χ0) is 24.5. The van der Waals surface area contributed by atoms with Crippen LogP contribution in [0.2, 0.25) is 0 Å². The van der Waals surface area contributed by atoms with E-state index in [4.69, 9.17) is 14.2 Å². The number of allylic oxidation sites excluding steroid dienone is 2. The number of nitrogens with one attached hydrogen (secondary N) is 2. The fourth-order valence-corrected chi connectivity index (χ4v) is 3.38. The van der Waals surface area contributed by atoms with E-state index in [-0.39, 0.29) is 30.9 Å². The highest BCUT2D eigenvalue weighted by Gasteiger charge is 2.37. The molecule has 0 bridgehead atoms. The molecule has 0 radical (unpaired) electrons. The van der Waals surface area contributed by atoms with Crippen molar-refractivity contribution in [3.8, 4) is 5.75 Å². The summed E-state index contributed by atoms with van der Waals surface area (Å²) in [4.78, 5) is 51.2. The molecular formula is C21H25N3O9. The summed E-state index contributed by atoms with van der Waals surface area (Å²) in [5.41, 5.74) is 2.08. The van der Waals surface area contributed by atoms with Crippen molar-refractivity contribution < 1.29 is 38.5 Å². The van der Waals surface area contributed by atoms with E-state index < -0.39 is 28.9 Å². The SMILES string of the molecule is COC(=O)C1=C(C)NC(C)=C(C(=O)OC)C1c1cccc(OCC(=O)NCCO[N+](=O)[O-])c1. The molecule has 0 aliphatic carbocycles. The van der Waals surface area contributed by atoms with Crippen LogP contribution in [0.25, 0.3) is 0 Å². The van der Waals surface area contributed by atoms with Gasteiger partial charge in [0, 0.05) is 17.9 Å². The highest BCUT2D eigenvalue weighted by molar-refractivity contribution is 5.99. The molecule has 0 saturated carbocycles. The number of carbonyl (C=O) groups excluding carboxylic acids is 3. The van der Waals surface area contributed by atoms with E-state index in [9.17, 15) is 24.5 Å². The Morgan fingerprint density at radius 1 is 1.09 bits per heavy atom. The number of hydrogen-bond acceptors (Lipinski definition) is 10. The number of rotatable bonds is 10. The summed E-state index contributed by atoms with van der Waals surface area (Å²) in [5.74, 6) is -2.21. The number of dihydropyridines is 1. The first-order valence-electron chi connectivity index (χ1n) is 9.81. The van der Waals surface area contributed by atoms with Crippen LogP contribution in [0.4, 0.5) is 0 Å². The maximum atomic E-state index is 12.6. The third-order valence-electron chi connectivity index (χ3n) is 4.75. The molecule has 1 amide bonds. The molecule has 1 heterocycles. The van der Waals surface area contributed by atoms with E-state index in [1.54, 1.807) is 38.1 Å². The van der Waals surface area contributed by atoms with Crippen LogP contribution in [-0.2, 0) is 28.7 Å². The van der Waals surface area contributed by atoms with Crippen LogP contribution in [0.15, 0.2) is 46.8 Å². The molecule has 0 atom stereocenters. The number of methoxy groups -OCH3 is 2. The molecule has 0 saturated heterocycles. The van der Waals surface area contributed by atoms with E-state index in [2.05, 4.69) is 15.5 Å². The molecule has 1 aromatic carbocycles. The minimum atomic E-state index is -0.952. The van der Waals surface area contributed by atoms with Gasteiger partial charge in [0.1, 0.15) is 12.4 Å². The lowest BCUT2D eigenvalue weighted by Crippen LogP contribution is -2.32. The monoisotopic (exact) mass is 463 g/mol. The predicted molar refractivity (Wildman–Crippen MR) is 113 cm³/mol. The van der Waals surface area contributed by atoms with Gasteiger partial charge in [-0.05, 0) is 31.5 Å². The number of carbonyl (C=O) groups is 3. The number of ether oxygens (including phenoxy) is 3. The standard InChI is InChI=1S/C21H25N3O9/c1-12-17(20(26)30-3)19(18(13(2)23-12)21(27)31-4)14-6-5-7-15(10-14)32-11-16(25)22-8-9-33-24(28)29/h5-7,10,19,23H,8-9,11H2,1-4H3,(H,22,25). The molecule has 12 heteroatoms. The molecule has 0 fully saturated rings. The summed E-state index contributed by atoms with van der Waals surface area (Å²) in [6, 6.07) is 6.58. The van der Waals surface area contributed by atoms with Crippen LogP contribution in [0.1, 0.15) is 25.3 Å². The topological polar surface area (TPSA) is 155 Å². The molecule has 2 rings (SSSR count). The normalized spacial score (nSPS) is 13.7. The predicted octanol–water partition coefficient (Wildman–Crippen LogP) is 0.971. The lowest BCUT2D eigenvalue weighted by Gasteiger charge is -2.30. The van der Waals surface area contributed by atoms with Gasteiger partial charge in [0.2, 0.25) is 0 Å². The minimum Gasteiger partial charge on any atom is -0.484 e. The van der Waals surface area contributed by atoms with Crippen molar-refractivity contribution >= 4 is 17.8 Å². The van der Waals surface area contributed by atoms with Gasteiger partial charge in [-0.25, -0.2) is 9.59 Å². The van der Waals surface area contributed by atoms with E-state index in [0.717, 1.165) is 0 Å². The third-order valence-corrected chi connectivity index (χ3v) is 4.75. The van der Waals surface area contributed by atoms with Gasteiger partial charge in [-0.1, -0.05) is 12.1 Å². The van der Waals surface area contributed by atoms with Gasteiger partial charge in [0.25, 0.3) is 11.0 Å². The Morgan fingerprint density at radius 2 is 1.70 bits per heavy atom. The van der Waals surface area contributed by atoms with Gasteiger partial charge in [0.15, 0.2) is 6.61 Å². The van der Waals surface area contributed by atoms with Crippen molar-refractivity contribution in [3.63, 3.8) is 0 Å². The molecule has 178 valence electrons. The molecular weight excluding hydrogens is 438 g/mol. The molecule has 1 aliphatic rings. The number of amides is 1. The van der Waals surface area contributed by atoms with Crippen LogP contribution < -0.4 is 15.4 Å². The lowest BCUT2D eigenvalue weighted by molar-refractivity contribution is -0.757. The van der Waals surface area contributed by atoms with Gasteiger partial charge in [0.05, 0.1) is 31.3 Å². The van der Waals surface area contributed by atoms with Gasteiger partial charge in [-0.15, -0.1) is 10.1 Å². The van der Waals surface area contributed by atoms with Crippen LogP contribution in [0.5, 0.6) is 5.75 Å². The Bertz CT molecular complexity index is 962. The lowest BCUT2D eigenvalue weighted by atomic mass is 9.80. The van der Waals surface area contributed by atoms with Gasteiger partial charge < -0.3 is 29.7 Å². The van der Waals surface area contributed by atoms with E-state index >= 15 is 0 Å². The van der Waals surface area contributed by atoms with Gasteiger partial charge in [-0.2, -0.15) is 0 Å². The summed E-state index contributed by atoms with van der Waals surface area (Å²) in [6.07, 6.45) is 0. The molecule has 2 N–H and O–H groups in total. The summed E-state index contributed by atoms with van der Waals surface area (Å²) >= 11 is 0. The summed E-state index contributed by atoms with van der Waals surface area (Å²) in [7, 11) is 2.50. The van der Waals surface area contributed by atoms with E-state index in [1.165, 1.54) is 14.2 Å². The number of esters is 2. The largest absolute Gasteiger partial charge is 0.484 e. The van der Waals surface area contributed by atoms with Gasteiger partial charge in [-0.3, -0.25) is 4.79 Å².